The molecule has 0 fully saturated rings. The number of rotatable bonds is 5. The average Bonchev–Trinajstić information content (AvgIpc) is 2.24. The van der Waals surface area contributed by atoms with Crippen LogP contribution in [0.2, 0.25) is 5.02 Å². The van der Waals surface area contributed by atoms with Crippen LogP contribution in [-0.2, 0) is 16.0 Å². The first-order chi connectivity index (χ1) is 9.65. The Balaban J connectivity index is 2.72. The van der Waals surface area contributed by atoms with E-state index in [9.17, 15) is 9.59 Å². The maximum Gasteiger partial charge on any atom is 0.407 e. The van der Waals surface area contributed by atoms with Gasteiger partial charge in [-0.25, -0.2) is 4.79 Å². The molecular weight excluding hydrogens is 294 g/mol. The molecular formula is C15H20ClNO4. The molecule has 116 valence electrons. The minimum absolute atomic E-state index is 0.189. The Hall–Kier alpha value is -1.75. The van der Waals surface area contributed by atoms with Crippen molar-refractivity contribution in [3.63, 3.8) is 0 Å². The Kier molecular flexibility index (Phi) is 6.03. The summed E-state index contributed by atoms with van der Waals surface area (Å²) in [4.78, 5) is 22.7. The molecule has 1 aromatic carbocycles. The summed E-state index contributed by atoms with van der Waals surface area (Å²) in [6.07, 6.45) is -0.450. The maximum absolute atomic E-state index is 11.8. The quantitative estimate of drug-likeness (QED) is 0.875. The van der Waals surface area contributed by atoms with Gasteiger partial charge in [0.25, 0.3) is 0 Å². The normalized spacial score (nSPS) is 12.6. The van der Waals surface area contributed by atoms with Gasteiger partial charge in [-0.15, -0.1) is 0 Å². The Bertz CT molecular complexity index is 511. The first kappa shape index (κ1) is 17.3. The summed E-state index contributed by atoms with van der Waals surface area (Å²) in [5, 5.41) is 12.1. The minimum atomic E-state index is -0.988. The van der Waals surface area contributed by atoms with Gasteiger partial charge in [-0.2, -0.15) is 0 Å². The zero-order valence-corrected chi connectivity index (χ0v) is 13.1. The smallest absolute Gasteiger partial charge is 0.407 e. The first-order valence-corrected chi connectivity index (χ1v) is 6.99. The number of ether oxygens (including phenoxy) is 1. The Morgan fingerprint density at radius 1 is 1.38 bits per heavy atom. The first-order valence-electron chi connectivity index (χ1n) is 6.61. The highest BCUT2D eigenvalue weighted by atomic mass is 35.5. The molecule has 0 aliphatic heterocycles. The van der Waals surface area contributed by atoms with E-state index in [-0.39, 0.29) is 6.42 Å². The highest BCUT2D eigenvalue weighted by Gasteiger charge is 2.21. The third kappa shape index (κ3) is 7.56. The monoisotopic (exact) mass is 313 g/mol. The number of aliphatic carboxylic acids is 1. The van der Waals surface area contributed by atoms with Gasteiger partial charge in [-0.3, -0.25) is 4.79 Å². The van der Waals surface area contributed by atoms with Crippen LogP contribution < -0.4 is 5.32 Å². The van der Waals surface area contributed by atoms with Crippen molar-refractivity contribution < 1.29 is 19.4 Å². The van der Waals surface area contributed by atoms with Crippen LogP contribution >= 0.6 is 11.6 Å². The van der Waals surface area contributed by atoms with Gasteiger partial charge in [0, 0.05) is 11.1 Å². The summed E-state index contributed by atoms with van der Waals surface area (Å²) in [7, 11) is 0. The summed E-state index contributed by atoms with van der Waals surface area (Å²) in [5.74, 6) is -0.988. The third-order valence-corrected chi connectivity index (χ3v) is 2.75. The second-order valence-corrected chi connectivity index (χ2v) is 6.21. The van der Waals surface area contributed by atoms with Crippen molar-refractivity contribution in [1.29, 1.82) is 0 Å². The second kappa shape index (κ2) is 7.31. The molecule has 6 heteroatoms. The van der Waals surface area contributed by atoms with Gasteiger partial charge in [-0.05, 0) is 44.9 Å². The molecule has 0 saturated carbocycles. The number of amides is 1. The molecule has 5 nitrogen and oxygen atoms in total. The number of carboxylic acid groups (broad SMARTS) is 1. The summed E-state index contributed by atoms with van der Waals surface area (Å²) in [6.45, 7) is 5.24. The van der Waals surface area contributed by atoms with E-state index in [1.54, 1.807) is 39.0 Å². The van der Waals surface area contributed by atoms with E-state index in [0.717, 1.165) is 5.56 Å². The molecule has 0 bridgehead atoms. The summed E-state index contributed by atoms with van der Waals surface area (Å²) in [5.41, 5.74) is 0.221. The summed E-state index contributed by atoms with van der Waals surface area (Å²) in [6, 6.07) is 6.53. The Morgan fingerprint density at radius 2 is 2.05 bits per heavy atom. The van der Waals surface area contributed by atoms with Crippen molar-refractivity contribution in [3.8, 4) is 0 Å². The molecule has 0 aliphatic carbocycles. The molecule has 0 heterocycles. The molecule has 0 aromatic heterocycles. The lowest BCUT2D eigenvalue weighted by Gasteiger charge is -2.23. The number of nitrogens with one attached hydrogen (secondary N) is 1. The summed E-state index contributed by atoms with van der Waals surface area (Å²) >= 11 is 5.90. The van der Waals surface area contributed by atoms with Crippen LogP contribution in [0.5, 0.6) is 0 Å². The van der Waals surface area contributed by atoms with E-state index in [1.165, 1.54) is 0 Å². The second-order valence-electron chi connectivity index (χ2n) is 5.78. The van der Waals surface area contributed by atoms with E-state index < -0.39 is 23.7 Å². The average molecular weight is 314 g/mol. The van der Waals surface area contributed by atoms with Gasteiger partial charge >= 0.3 is 12.1 Å². The van der Waals surface area contributed by atoms with Gasteiger partial charge in [0.1, 0.15) is 5.60 Å². The fraction of sp³-hybridized carbons (Fsp3) is 0.467. The van der Waals surface area contributed by atoms with Gasteiger partial charge in [0.05, 0.1) is 6.42 Å². The van der Waals surface area contributed by atoms with Crippen LogP contribution in [0.15, 0.2) is 24.3 Å². The van der Waals surface area contributed by atoms with Crippen molar-refractivity contribution in [1.82, 2.24) is 5.32 Å². The van der Waals surface area contributed by atoms with Gasteiger partial charge < -0.3 is 15.2 Å². The number of carbonyl (C=O) groups is 2. The Labute approximate surface area is 129 Å². The molecule has 0 radical (unpaired) electrons. The lowest BCUT2D eigenvalue weighted by Crippen LogP contribution is -2.41. The molecule has 0 aliphatic rings. The lowest BCUT2D eigenvalue weighted by molar-refractivity contribution is -0.137. The summed E-state index contributed by atoms with van der Waals surface area (Å²) < 4.78 is 5.14. The van der Waals surface area contributed by atoms with E-state index in [1.807, 2.05) is 6.07 Å². The SMILES string of the molecule is CC(C)(C)OC(=O)N[C@@H](CC(=O)O)Cc1cccc(Cl)c1. The van der Waals surface area contributed by atoms with E-state index in [4.69, 9.17) is 21.4 Å². The number of alkyl carbamates (subject to hydrolysis) is 1. The largest absolute Gasteiger partial charge is 0.481 e. The fourth-order valence-corrected chi connectivity index (χ4v) is 2.02. The van der Waals surface area contributed by atoms with E-state index in [2.05, 4.69) is 5.32 Å². The minimum Gasteiger partial charge on any atom is -0.481 e. The van der Waals surface area contributed by atoms with E-state index in [0.29, 0.717) is 11.4 Å². The number of benzene rings is 1. The van der Waals surface area contributed by atoms with E-state index >= 15 is 0 Å². The molecule has 0 unspecified atom stereocenters. The van der Waals surface area contributed by atoms with Crippen LogP contribution in [0.3, 0.4) is 0 Å². The van der Waals surface area contributed by atoms with Crippen LogP contribution in [0.4, 0.5) is 4.79 Å². The highest BCUT2D eigenvalue weighted by Crippen LogP contribution is 2.14. The van der Waals surface area contributed by atoms with Crippen molar-refractivity contribution in [2.24, 2.45) is 0 Å². The topological polar surface area (TPSA) is 75.6 Å². The third-order valence-electron chi connectivity index (χ3n) is 2.51. The van der Waals surface area contributed by atoms with Crippen molar-refractivity contribution in [3.05, 3.63) is 34.9 Å². The predicted molar refractivity (Wildman–Crippen MR) is 80.6 cm³/mol. The number of hydrogen-bond acceptors (Lipinski definition) is 3. The number of carboxylic acids is 1. The van der Waals surface area contributed by atoms with Crippen molar-refractivity contribution in [2.45, 2.75) is 45.3 Å². The van der Waals surface area contributed by atoms with Crippen LogP contribution in [0.1, 0.15) is 32.8 Å². The molecule has 21 heavy (non-hydrogen) atoms. The fourth-order valence-electron chi connectivity index (χ4n) is 1.81. The maximum atomic E-state index is 11.8. The van der Waals surface area contributed by atoms with Crippen LogP contribution in [0.25, 0.3) is 0 Å². The molecule has 0 spiro atoms. The molecule has 1 atom stereocenters. The van der Waals surface area contributed by atoms with Gasteiger partial charge in [0.15, 0.2) is 0 Å². The van der Waals surface area contributed by atoms with Gasteiger partial charge in [-0.1, -0.05) is 23.7 Å². The van der Waals surface area contributed by atoms with Gasteiger partial charge in [0.2, 0.25) is 0 Å². The number of hydrogen-bond donors (Lipinski definition) is 2. The van der Waals surface area contributed by atoms with Crippen LogP contribution in [0, 0.1) is 0 Å². The zero-order valence-electron chi connectivity index (χ0n) is 12.4. The van der Waals surface area contributed by atoms with Crippen molar-refractivity contribution in [2.75, 3.05) is 0 Å². The van der Waals surface area contributed by atoms with Crippen molar-refractivity contribution >= 4 is 23.7 Å². The number of carbonyl (C=O) groups excluding carboxylic acids is 1. The molecule has 0 saturated heterocycles. The number of halogens is 1. The highest BCUT2D eigenvalue weighted by molar-refractivity contribution is 6.30. The standard InChI is InChI=1S/C15H20ClNO4/c1-15(2,3)21-14(20)17-12(9-13(18)19)8-10-5-4-6-11(16)7-10/h4-7,12H,8-9H2,1-3H3,(H,17,20)(H,18,19)/t12-/m1/s1. The molecule has 2 N–H and O–H groups in total. The zero-order chi connectivity index (χ0) is 16.0. The van der Waals surface area contributed by atoms with Crippen LogP contribution in [-0.4, -0.2) is 28.8 Å². The molecule has 1 aromatic rings. The molecule has 1 amide bonds. The predicted octanol–water partition coefficient (Wildman–Crippen LogP) is 3.25. The Morgan fingerprint density at radius 3 is 2.57 bits per heavy atom. The lowest BCUT2D eigenvalue weighted by atomic mass is 10.0. The molecule has 1 rings (SSSR count).